The lowest BCUT2D eigenvalue weighted by Crippen LogP contribution is -2.38. The number of hydrogen-bond acceptors (Lipinski definition) is 3. The number of rotatable bonds is 5. The largest absolute Gasteiger partial charge is 0.338 e. The van der Waals surface area contributed by atoms with Gasteiger partial charge >= 0.3 is 0 Å². The molecule has 3 aromatic carbocycles. The molecule has 0 fully saturated rings. The minimum absolute atomic E-state index is 0.0138. The highest BCUT2D eigenvalue weighted by atomic mass is 32.2. The summed E-state index contributed by atoms with van der Waals surface area (Å²) in [6.45, 7) is 1.43. The molecule has 0 saturated heterocycles. The van der Waals surface area contributed by atoms with Gasteiger partial charge in [-0.2, -0.15) is 0 Å². The van der Waals surface area contributed by atoms with E-state index >= 15 is 0 Å². The van der Waals surface area contributed by atoms with Gasteiger partial charge in [-0.3, -0.25) is 4.79 Å². The van der Waals surface area contributed by atoms with Crippen molar-refractivity contribution < 1.29 is 13.2 Å². The van der Waals surface area contributed by atoms with Gasteiger partial charge in [-0.1, -0.05) is 54.6 Å². The second-order valence-electron chi connectivity index (χ2n) is 7.42. The minimum Gasteiger partial charge on any atom is -0.338 e. The Morgan fingerprint density at radius 3 is 2.45 bits per heavy atom. The third-order valence-corrected chi connectivity index (χ3v) is 7.41. The maximum absolute atomic E-state index is 12.9. The molecule has 3 aromatic rings. The second-order valence-corrected chi connectivity index (χ2v) is 9.46. The number of hydrogen-bond donors (Lipinski definition) is 0. The van der Waals surface area contributed by atoms with Crippen LogP contribution in [0.3, 0.4) is 0 Å². The highest BCUT2D eigenvalue weighted by Gasteiger charge is 2.24. The predicted octanol–water partition coefficient (Wildman–Crippen LogP) is 3.44. The van der Waals surface area contributed by atoms with Crippen molar-refractivity contribution >= 4 is 26.7 Å². The van der Waals surface area contributed by atoms with Gasteiger partial charge in [0.2, 0.25) is 15.9 Å². The third-order valence-electron chi connectivity index (χ3n) is 5.55. The maximum atomic E-state index is 12.9. The lowest BCUT2D eigenvalue weighted by atomic mass is 10.00. The molecule has 29 heavy (non-hydrogen) atoms. The molecule has 0 aromatic heterocycles. The second kappa shape index (κ2) is 7.97. The van der Waals surface area contributed by atoms with E-state index < -0.39 is 10.0 Å². The molecule has 1 heterocycles. The van der Waals surface area contributed by atoms with Gasteiger partial charge in [0, 0.05) is 33.1 Å². The molecule has 4 rings (SSSR count). The number of carbonyl (C=O) groups is 1. The van der Waals surface area contributed by atoms with Crippen molar-refractivity contribution in [3.05, 3.63) is 77.9 Å². The normalized spacial score (nSPS) is 14.2. The summed E-state index contributed by atoms with van der Waals surface area (Å²) in [7, 11) is -2.11. The predicted molar refractivity (Wildman–Crippen MR) is 114 cm³/mol. The van der Waals surface area contributed by atoms with Crippen LogP contribution in [-0.4, -0.2) is 43.7 Å². The van der Waals surface area contributed by atoms with Crippen LogP contribution in [0.1, 0.15) is 17.5 Å². The smallest absolute Gasteiger partial charge is 0.242 e. The van der Waals surface area contributed by atoms with Crippen LogP contribution in [-0.2, 0) is 27.8 Å². The van der Waals surface area contributed by atoms with E-state index in [9.17, 15) is 13.2 Å². The fourth-order valence-electron chi connectivity index (χ4n) is 3.75. The number of sulfonamides is 1. The zero-order valence-electron chi connectivity index (χ0n) is 16.4. The Balaban J connectivity index is 1.42. The van der Waals surface area contributed by atoms with Crippen LogP contribution in [0.25, 0.3) is 10.8 Å². The molecular formula is C23H24N2O3S. The summed E-state index contributed by atoms with van der Waals surface area (Å²) >= 11 is 0. The molecule has 1 amide bonds. The molecule has 5 nitrogen and oxygen atoms in total. The van der Waals surface area contributed by atoms with E-state index in [2.05, 4.69) is 6.07 Å². The van der Waals surface area contributed by atoms with Crippen molar-refractivity contribution in [2.75, 3.05) is 20.1 Å². The van der Waals surface area contributed by atoms with Crippen molar-refractivity contribution in [3.63, 3.8) is 0 Å². The number of carbonyl (C=O) groups excluding carboxylic acids is 1. The van der Waals surface area contributed by atoms with Gasteiger partial charge in [0.1, 0.15) is 0 Å². The summed E-state index contributed by atoms with van der Waals surface area (Å²) in [5, 5.41) is 1.87. The molecule has 0 unspecified atom stereocenters. The first-order chi connectivity index (χ1) is 13.9. The summed E-state index contributed by atoms with van der Waals surface area (Å²) in [5.74, 6) is -0.0138. The molecule has 0 aliphatic carbocycles. The molecule has 0 radical (unpaired) electrons. The van der Waals surface area contributed by atoms with E-state index in [1.807, 2.05) is 53.4 Å². The summed E-state index contributed by atoms with van der Waals surface area (Å²) in [5.41, 5.74) is 2.46. The Morgan fingerprint density at radius 1 is 0.966 bits per heavy atom. The van der Waals surface area contributed by atoms with Crippen LogP contribution in [0, 0.1) is 0 Å². The molecule has 150 valence electrons. The molecule has 0 spiro atoms. The van der Waals surface area contributed by atoms with Gasteiger partial charge < -0.3 is 4.90 Å². The fourth-order valence-corrected chi connectivity index (χ4v) is 4.96. The first kappa shape index (κ1) is 19.6. The fraction of sp³-hybridized carbons (Fsp3) is 0.261. The van der Waals surface area contributed by atoms with Gasteiger partial charge in [0.15, 0.2) is 0 Å². The third kappa shape index (κ3) is 4.04. The van der Waals surface area contributed by atoms with Crippen molar-refractivity contribution in [2.24, 2.45) is 0 Å². The first-order valence-electron chi connectivity index (χ1n) is 9.75. The zero-order chi connectivity index (χ0) is 20.4. The van der Waals surface area contributed by atoms with Crippen LogP contribution in [0.2, 0.25) is 0 Å². The molecule has 6 heteroatoms. The van der Waals surface area contributed by atoms with Gasteiger partial charge in [0.05, 0.1) is 4.90 Å². The molecule has 1 aliphatic heterocycles. The van der Waals surface area contributed by atoms with Crippen LogP contribution >= 0.6 is 0 Å². The van der Waals surface area contributed by atoms with E-state index in [1.165, 1.54) is 22.5 Å². The number of amides is 1. The maximum Gasteiger partial charge on any atom is 0.242 e. The van der Waals surface area contributed by atoms with E-state index in [1.54, 1.807) is 12.1 Å². The van der Waals surface area contributed by atoms with Crippen LogP contribution in [0.15, 0.2) is 71.6 Å². The molecule has 0 saturated carbocycles. The van der Waals surface area contributed by atoms with Crippen LogP contribution in [0.4, 0.5) is 0 Å². The monoisotopic (exact) mass is 408 g/mol. The summed E-state index contributed by atoms with van der Waals surface area (Å²) in [6, 6.07) is 20.9. The average Bonchev–Trinajstić information content (AvgIpc) is 2.76. The average molecular weight is 409 g/mol. The van der Waals surface area contributed by atoms with Gasteiger partial charge in [-0.15, -0.1) is 0 Å². The van der Waals surface area contributed by atoms with E-state index in [0.717, 1.165) is 17.2 Å². The molecule has 1 aliphatic rings. The van der Waals surface area contributed by atoms with E-state index in [-0.39, 0.29) is 23.8 Å². The number of nitrogens with zero attached hydrogens (tertiary/aromatic N) is 2. The summed E-state index contributed by atoms with van der Waals surface area (Å²) < 4.78 is 27.1. The molecule has 0 atom stereocenters. The summed E-state index contributed by atoms with van der Waals surface area (Å²) in [6.07, 6.45) is 1.01. The van der Waals surface area contributed by atoms with E-state index in [0.29, 0.717) is 13.1 Å². The Labute approximate surface area is 171 Å². The molecular weight excluding hydrogens is 384 g/mol. The van der Waals surface area contributed by atoms with Crippen molar-refractivity contribution in [2.45, 2.75) is 24.3 Å². The van der Waals surface area contributed by atoms with E-state index in [4.69, 9.17) is 0 Å². The lowest BCUT2D eigenvalue weighted by molar-refractivity contribution is -0.132. The Bertz CT molecular complexity index is 1160. The SMILES string of the molecule is CN(CCC(=O)N1CCc2ccccc2C1)S(=O)(=O)c1ccc2ccccc2c1. The number of benzene rings is 3. The highest BCUT2D eigenvalue weighted by Crippen LogP contribution is 2.22. The quantitative estimate of drug-likeness (QED) is 0.650. The van der Waals surface area contributed by atoms with Crippen molar-refractivity contribution in [1.82, 2.24) is 9.21 Å². The van der Waals surface area contributed by atoms with Gasteiger partial charge in [-0.25, -0.2) is 12.7 Å². The van der Waals surface area contributed by atoms with Gasteiger partial charge in [0.25, 0.3) is 0 Å². The standard InChI is InChI=1S/C23H24N2O3S/c1-24(29(27,28)22-11-10-18-6-2-4-8-20(18)16-22)14-13-23(26)25-15-12-19-7-3-5-9-21(19)17-25/h2-11,16H,12-15,17H2,1H3. The number of fused-ring (bicyclic) bond motifs is 2. The van der Waals surface area contributed by atoms with Crippen molar-refractivity contribution in [1.29, 1.82) is 0 Å². The van der Waals surface area contributed by atoms with Crippen LogP contribution in [0.5, 0.6) is 0 Å². The van der Waals surface area contributed by atoms with Gasteiger partial charge in [-0.05, 0) is 40.5 Å². The molecule has 0 bridgehead atoms. The minimum atomic E-state index is -3.64. The zero-order valence-corrected chi connectivity index (χ0v) is 17.2. The van der Waals surface area contributed by atoms with Crippen molar-refractivity contribution in [3.8, 4) is 0 Å². The highest BCUT2D eigenvalue weighted by molar-refractivity contribution is 7.89. The molecule has 0 N–H and O–H groups in total. The Morgan fingerprint density at radius 2 is 1.66 bits per heavy atom. The Kier molecular flexibility index (Phi) is 5.39. The Hall–Kier alpha value is -2.70. The van der Waals surface area contributed by atoms with Crippen LogP contribution < -0.4 is 0 Å². The first-order valence-corrected chi connectivity index (χ1v) is 11.2. The lowest BCUT2D eigenvalue weighted by Gasteiger charge is -2.29. The topological polar surface area (TPSA) is 57.7 Å². The summed E-state index contributed by atoms with van der Waals surface area (Å²) in [4.78, 5) is 14.7.